The van der Waals surface area contributed by atoms with E-state index in [0.29, 0.717) is 31.7 Å². The number of aromatic nitrogens is 1. The number of benzene rings is 1. The highest BCUT2D eigenvalue weighted by Gasteiger charge is 2.21. The molecule has 2 aromatic rings. The average molecular weight is 368 g/mol. The van der Waals surface area contributed by atoms with Gasteiger partial charge in [-0.25, -0.2) is 4.79 Å². The van der Waals surface area contributed by atoms with Crippen LogP contribution in [0.25, 0.3) is 0 Å². The van der Waals surface area contributed by atoms with E-state index < -0.39 is 5.91 Å². The number of hydrogen-bond donors (Lipinski definition) is 2. The van der Waals surface area contributed by atoms with E-state index in [0.717, 1.165) is 5.56 Å². The highest BCUT2D eigenvalue weighted by molar-refractivity contribution is 5.95. The predicted octanol–water partition coefficient (Wildman–Crippen LogP) is 1.52. The molecule has 0 bridgehead atoms. The Morgan fingerprint density at radius 1 is 1.22 bits per heavy atom. The SMILES string of the molecule is Cc1ccn(C(C)c2ccccc2)c(=O)c1C(=O)NCCN1CCNC1=O. The molecule has 3 rings (SSSR count). The number of nitrogens with zero attached hydrogens (tertiary/aromatic N) is 2. The van der Waals surface area contributed by atoms with Crippen molar-refractivity contribution >= 4 is 11.9 Å². The lowest BCUT2D eigenvalue weighted by Crippen LogP contribution is -2.39. The van der Waals surface area contributed by atoms with Crippen molar-refractivity contribution in [1.29, 1.82) is 0 Å². The van der Waals surface area contributed by atoms with Crippen molar-refractivity contribution in [3.05, 3.63) is 69.6 Å². The third-order valence-electron chi connectivity index (χ3n) is 4.87. The van der Waals surface area contributed by atoms with Gasteiger partial charge >= 0.3 is 6.03 Å². The molecule has 1 aliphatic rings. The van der Waals surface area contributed by atoms with Gasteiger partial charge in [0.05, 0.1) is 6.04 Å². The summed E-state index contributed by atoms with van der Waals surface area (Å²) in [5, 5.41) is 5.47. The Balaban J connectivity index is 1.75. The van der Waals surface area contributed by atoms with Gasteiger partial charge in [-0.15, -0.1) is 0 Å². The number of pyridine rings is 1. The molecule has 0 spiro atoms. The molecule has 1 fully saturated rings. The fourth-order valence-corrected chi connectivity index (χ4v) is 3.23. The van der Waals surface area contributed by atoms with Crippen LogP contribution in [0, 0.1) is 6.92 Å². The van der Waals surface area contributed by atoms with E-state index >= 15 is 0 Å². The maximum absolute atomic E-state index is 12.9. The average Bonchev–Trinajstić information content (AvgIpc) is 3.07. The van der Waals surface area contributed by atoms with E-state index in [9.17, 15) is 14.4 Å². The molecule has 1 aliphatic heterocycles. The number of carbonyl (C=O) groups is 2. The molecular weight excluding hydrogens is 344 g/mol. The first kappa shape index (κ1) is 18.7. The summed E-state index contributed by atoms with van der Waals surface area (Å²) < 4.78 is 1.57. The zero-order chi connectivity index (χ0) is 19.4. The molecule has 1 aromatic carbocycles. The predicted molar refractivity (Wildman–Crippen MR) is 103 cm³/mol. The fraction of sp³-hybridized carbons (Fsp3) is 0.350. The lowest BCUT2D eigenvalue weighted by Gasteiger charge is -2.18. The van der Waals surface area contributed by atoms with Crippen molar-refractivity contribution in [3.63, 3.8) is 0 Å². The minimum atomic E-state index is -0.410. The monoisotopic (exact) mass is 368 g/mol. The summed E-state index contributed by atoms with van der Waals surface area (Å²) in [5.41, 5.74) is 1.46. The Labute approximate surface area is 158 Å². The fourth-order valence-electron chi connectivity index (χ4n) is 3.23. The Hall–Kier alpha value is -3.09. The lowest BCUT2D eigenvalue weighted by molar-refractivity contribution is 0.0947. The van der Waals surface area contributed by atoms with Gasteiger partial charge in [0.25, 0.3) is 11.5 Å². The topological polar surface area (TPSA) is 83.4 Å². The van der Waals surface area contributed by atoms with Gasteiger partial charge in [0.15, 0.2) is 0 Å². The Morgan fingerprint density at radius 3 is 2.63 bits per heavy atom. The number of rotatable bonds is 6. The number of nitrogens with one attached hydrogen (secondary N) is 2. The van der Waals surface area contributed by atoms with Gasteiger partial charge in [-0.2, -0.15) is 0 Å². The molecule has 1 atom stereocenters. The smallest absolute Gasteiger partial charge is 0.317 e. The quantitative estimate of drug-likeness (QED) is 0.811. The summed E-state index contributed by atoms with van der Waals surface area (Å²) in [7, 11) is 0. The van der Waals surface area contributed by atoms with Crippen LogP contribution in [0.15, 0.2) is 47.4 Å². The van der Waals surface area contributed by atoms with Crippen molar-refractivity contribution in [2.24, 2.45) is 0 Å². The molecule has 2 N–H and O–H groups in total. The zero-order valence-electron chi connectivity index (χ0n) is 15.6. The second-order valence-corrected chi connectivity index (χ2v) is 6.65. The summed E-state index contributed by atoms with van der Waals surface area (Å²) in [6, 6.07) is 11.2. The van der Waals surface area contributed by atoms with Crippen molar-refractivity contribution in [1.82, 2.24) is 20.1 Å². The molecule has 1 saturated heterocycles. The van der Waals surface area contributed by atoms with Crippen LogP contribution in [0.2, 0.25) is 0 Å². The van der Waals surface area contributed by atoms with Crippen LogP contribution < -0.4 is 16.2 Å². The molecule has 7 heteroatoms. The van der Waals surface area contributed by atoms with E-state index in [4.69, 9.17) is 0 Å². The van der Waals surface area contributed by atoms with E-state index in [1.54, 1.807) is 28.7 Å². The highest BCUT2D eigenvalue weighted by atomic mass is 16.2. The molecule has 0 saturated carbocycles. The van der Waals surface area contributed by atoms with Crippen LogP contribution in [-0.4, -0.2) is 47.6 Å². The molecular formula is C20H24N4O3. The minimum Gasteiger partial charge on any atom is -0.350 e. The third kappa shape index (κ3) is 4.02. The molecule has 27 heavy (non-hydrogen) atoms. The van der Waals surface area contributed by atoms with Crippen LogP contribution in [0.5, 0.6) is 0 Å². The van der Waals surface area contributed by atoms with Crippen LogP contribution in [0.3, 0.4) is 0 Å². The molecule has 2 heterocycles. The van der Waals surface area contributed by atoms with Crippen LogP contribution in [0.4, 0.5) is 4.79 Å². The van der Waals surface area contributed by atoms with Gasteiger partial charge in [-0.05, 0) is 31.0 Å². The van der Waals surface area contributed by atoms with Gasteiger partial charge < -0.3 is 20.1 Å². The molecule has 7 nitrogen and oxygen atoms in total. The van der Waals surface area contributed by atoms with E-state index in [1.807, 2.05) is 37.3 Å². The summed E-state index contributed by atoms with van der Waals surface area (Å²) in [5.74, 6) is -0.410. The maximum Gasteiger partial charge on any atom is 0.317 e. The standard InChI is InChI=1S/C20H24N4O3/c1-14-8-11-24(15(2)16-6-4-3-5-7-16)19(26)17(14)18(25)21-9-12-23-13-10-22-20(23)27/h3-8,11,15H,9-10,12-13H2,1-2H3,(H,21,25)(H,22,27). The number of hydrogen-bond acceptors (Lipinski definition) is 3. The molecule has 0 radical (unpaired) electrons. The molecule has 1 aromatic heterocycles. The van der Waals surface area contributed by atoms with Gasteiger partial charge in [0, 0.05) is 32.4 Å². The van der Waals surface area contributed by atoms with Gasteiger partial charge in [0.2, 0.25) is 0 Å². The van der Waals surface area contributed by atoms with Crippen LogP contribution in [0.1, 0.15) is 34.5 Å². The molecule has 142 valence electrons. The van der Waals surface area contributed by atoms with Gasteiger partial charge in [-0.3, -0.25) is 9.59 Å². The number of aryl methyl sites for hydroxylation is 1. The Bertz CT molecular complexity index is 892. The van der Waals surface area contributed by atoms with Crippen molar-refractivity contribution < 1.29 is 9.59 Å². The summed E-state index contributed by atoms with van der Waals surface area (Å²) in [6.45, 7) is 5.64. The van der Waals surface area contributed by atoms with E-state index in [-0.39, 0.29) is 23.2 Å². The Kier molecular flexibility index (Phi) is 5.59. The molecule has 3 amide bonds. The van der Waals surface area contributed by atoms with Gasteiger partial charge in [0.1, 0.15) is 5.56 Å². The van der Waals surface area contributed by atoms with E-state index in [1.165, 1.54) is 0 Å². The van der Waals surface area contributed by atoms with Crippen LogP contribution >= 0.6 is 0 Å². The first-order chi connectivity index (χ1) is 13.0. The highest BCUT2D eigenvalue weighted by Crippen LogP contribution is 2.16. The zero-order valence-corrected chi connectivity index (χ0v) is 15.6. The number of amides is 3. The molecule has 0 aliphatic carbocycles. The summed E-state index contributed by atoms with van der Waals surface area (Å²) in [6.07, 6.45) is 1.72. The maximum atomic E-state index is 12.9. The number of carbonyl (C=O) groups excluding carboxylic acids is 2. The summed E-state index contributed by atoms with van der Waals surface area (Å²) >= 11 is 0. The van der Waals surface area contributed by atoms with E-state index in [2.05, 4.69) is 10.6 Å². The number of urea groups is 1. The van der Waals surface area contributed by atoms with Crippen molar-refractivity contribution in [2.75, 3.05) is 26.2 Å². The van der Waals surface area contributed by atoms with Crippen molar-refractivity contribution in [3.8, 4) is 0 Å². The Morgan fingerprint density at radius 2 is 1.96 bits per heavy atom. The largest absolute Gasteiger partial charge is 0.350 e. The van der Waals surface area contributed by atoms with Gasteiger partial charge in [-0.1, -0.05) is 30.3 Å². The minimum absolute atomic E-state index is 0.126. The first-order valence-corrected chi connectivity index (χ1v) is 9.06. The normalized spacial score (nSPS) is 14.7. The second-order valence-electron chi connectivity index (χ2n) is 6.65. The first-order valence-electron chi connectivity index (χ1n) is 9.06. The lowest BCUT2D eigenvalue weighted by atomic mass is 10.1. The van der Waals surface area contributed by atoms with Crippen LogP contribution in [-0.2, 0) is 0 Å². The third-order valence-corrected chi connectivity index (χ3v) is 4.87. The summed E-state index contributed by atoms with van der Waals surface area (Å²) in [4.78, 5) is 38.7. The molecule has 1 unspecified atom stereocenters. The van der Waals surface area contributed by atoms with Crippen molar-refractivity contribution in [2.45, 2.75) is 19.9 Å². The second kappa shape index (κ2) is 8.07.